The fourth-order valence-corrected chi connectivity index (χ4v) is 2.96. The van der Waals surface area contributed by atoms with Crippen LogP contribution in [0.25, 0.3) is 0 Å². The predicted octanol–water partition coefficient (Wildman–Crippen LogP) is 5.21. The highest BCUT2D eigenvalue weighted by atomic mass is 16.5. The third-order valence-corrected chi connectivity index (χ3v) is 4.23. The lowest BCUT2D eigenvalue weighted by atomic mass is 10.2. The fraction of sp³-hybridized carbons (Fsp3) is 0.182. The normalized spacial score (nSPS) is 10.1. The highest BCUT2D eigenvalue weighted by molar-refractivity contribution is 5.75. The van der Waals surface area contributed by atoms with Gasteiger partial charge in [-0.2, -0.15) is 0 Å². The van der Waals surface area contributed by atoms with E-state index in [1.54, 1.807) is 28.4 Å². The monoisotopic (exact) mass is 380 g/mol. The average Bonchev–Trinajstić information content (AvgIpc) is 2.73. The van der Waals surface area contributed by atoms with E-state index in [0.717, 1.165) is 22.7 Å². The smallest absolute Gasteiger partial charge is 0.184 e. The SMILES string of the molecule is COc1cccc(Nc2cccc(Nc3cccc(OC)c3OC)c2)c1OC. The van der Waals surface area contributed by atoms with Crippen molar-refractivity contribution in [3.63, 3.8) is 0 Å². The van der Waals surface area contributed by atoms with Crippen LogP contribution in [0.3, 0.4) is 0 Å². The van der Waals surface area contributed by atoms with E-state index in [-0.39, 0.29) is 0 Å². The quantitative estimate of drug-likeness (QED) is 0.559. The Labute approximate surface area is 165 Å². The highest BCUT2D eigenvalue weighted by Gasteiger charge is 2.11. The molecule has 0 amide bonds. The summed E-state index contributed by atoms with van der Waals surface area (Å²) in [6.07, 6.45) is 0. The van der Waals surface area contributed by atoms with E-state index in [0.29, 0.717) is 23.0 Å². The molecule has 0 spiro atoms. The first-order valence-corrected chi connectivity index (χ1v) is 8.76. The number of benzene rings is 3. The van der Waals surface area contributed by atoms with E-state index in [2.05, 4.69) is 10.6 Å². The summed E-state index contributed by atoms with van der Waals surface area (Å²) in [5, 5.41) is 6.75. The maximum atomic E-state index is 5.49. The number of anilines is 4. The van der Waals surface area contributed by atoms with Gasteiger partial charge in [0, 0.05) is 11.4 Å². The Kier molecular flexibility index (Phi) is 6.11. The molecular weight excluding hydrogens is 356 g/mol. The van der Waals surface area contributed by atoms with Gasteiger partial charge < -0.3 is 29.6 Å². The van der Waals surface area contributed by atoms with Crippen LogP contribution in [0.2, 0.25) is 0 Å². The summed E-state index contributed by atoms with van der Waals surface area (Å²) in [7, 11) is 6.48. The van der Waals surface area contributed by atoms with Crippen LogP contribution >= 0.6 is 0 Å². The third-order valence-electron chi connectivity index (χ3n) is 4.23. The van der Waals surface area contributed by atoms with Crippen LogP contribution in [0.1, 0.15) is 0 Å². The number of ether oxygens (including phenoxy) is 4. The first kappa shape index (κ1) is 19.2. The summed E-state index contributed by atoms with van der Waals surface area (Å²) in [4.78, 5) is 0. The number of nitrogens with one attached hydrogen (secondary N) is 2. The summed E-state index contributed by atoms with van der Waals surface area (Å²) in [5.74, 6) is 2.64. The summed E-state index contributed by atoms with van der Waals surface area (Å²) >= 11 is 0. The summed E-state index contributed by atoms with van der Waals surface area (Å²) in [5.41, 5.74) is 3.44. The van der Waals surface area contributed by atoms with E-state index >= 15 is 0 Å². The van der Waals surface area contributed by atoms with Gasteiger partial charge in [-0.05, 0) is 42.5 Å². The Bertz CT molecular complexity index is 871. The molecule has 0 saturated heterocycles. The maximum absolute atomic E-state index is 5.49. The molecular formula is C22H24N2O4. The Morgan fingerprint density at radius 2 is 0.964 bits per heavy atom. The second-order valence-electron chi connectivity index (χ2n) is 5.91. The molecule has 0 bridgehead atoms. The van der Waals surface area contributed by atoms with Gasteiger partial charge >= 0.3 is 0 Å². The van der Waals surface area contributed by atoms with Gasteiger partial charge in [0.15, 0.2) is 23.0 Å². The zero-order chi connectivity index (χ0) is 19.9. The van der Waals surface area contributed by atoms with Gasteiger partial charge in [0.05, 0.1) is 39.8 Å². The first-order valence-electron chi connectivity index (χ1n) is 8.76. The number of hydrogen-bond acceptors (Lipinski definition) is 6. The lowest BCUT2D eigenvalue weighted by Crippen LogP contribution is -1.99. The maximum Gasteiger partial charge on any atom is 0.184 e. The van der Waals surface area contributed by atoms with Crippen molar-refractivity contribution in [1.82, 2.24) is 0 Å². The lowest BCUT2D eigenvalue weighted by Gasteiger charge is -2.16. The first-order chi connectivity index (χ1) is 13.7. The molecule has 3 rings (SSSR count). The van der Waals surface area contributed by atoms with E-state index in [4.69, 9.17) is 18.9 Å². The van der Waals surface area contributed by atoms with Crippen LogP contribution in [-0.2, 0) is 0 Å². The molecule has 0 unspecified atom stereocenters. The van der Waals surface area contributed by atoms with Crippen molar-refractivity contribution in [1.29, 1.82) is 0 Å². The van der Waals surface area contributed by atoms with E-state index in [9.17, 15) is 0 Å². The van der Waals surface area contributed by atoms with Crippen LogP contribution < -0.4 is 29.6 Å². The molecule has 6 heteroatoms. The Morgan fingerprint density at radius 1 is 0.536 bits per heavy atom. The Hall–Kier alpha value is -3.54. The topological polar surface area (TPSA) is 61.0 Å². The lowest BCUT2D eigenvalue weighted by molar-refractivity contribution is 0.356. The molecule has 0 aliphatic heterocycles. The van der Waals surface area contributed by atoms with Gasteiger partial charge in [-0.25, -0.2) is 0 Å². The van der Waals surface area contributed by atoms with Gasteiger partial charge in [0.2, 0.25) is 0 Å². The van der Waals surface area contributed by atoms with Crippen molar-refractivity contribution in [3.05, 3.63) is 60.7 Å². The minimum absolute atomic E-state index is 0.651. The zero-order valence-corrected chi connectivity index (χ0v) is 16.4. The Morgan fingerprint density at radius 3 is 1.36 bits per heavy atom. The van der Waals surface area contributed by atoms with Crippen LogP contribution in [-0.4, -0.2) is 28.4 Å². The zero-order valence-electron chi connectivity index (χ0n) is 16.4. The Balaban J connectivity index is 1.87. The van der Waals surface area contributed by atoms with Gasteiger partial charge in [-0.15, -0.1) is 0 Å². The van der Waals surface area contributed by atoms with Crippen LogP contribution in [0.15, 0.2) is 60.7 Å². The number of methoxy groups -OCH3 is 4. The van der Waals surface area contributed by atoms with Crippen molar-refractivity contribution >= 4 is 22.7 Å². The van der Waals surface area contributed by atoms with Crippen molar-refractivity contribution in [3.8, 4) is 23.0 Å². The third kappa shape index (κ3) is 4.06. The van der Waals surface area contributed by atoms with Crippen molar-refractivity contribution < 1.29 is 18.9 Å². The van der Waals surface area contributed by atoms with Crippen molar-refractivity contribution in [2.24, 2.45) is 0 Å². The van der Waals surface area contributed by atoms with Crippen LogP contribution in [0.5, 0.6) is 23.0 Å². The van der Waals surface area contributed by atoms with Gasteiger partial charge in [0.1, 0.15) is 0 Å². The molecule has 0 saturated carbocycles. The molecule has 0 heterocycles. The summed E-state index contributed by atoms with van der Waals surface area (Å²) in [6, 6.07) is 19.3. The molecule has 0 atom stereocenters. The van der Waals surface area contributed by atoms with Crippen molar-refractivity contribution in [2.75, 3.05) is 39.1 Å². The number of rotatable bonds is 8. The number of para-hydroxylation sites is 2. The average molecular weight is 380 g/mol. The molecule has 3 aromatic rings. The predicted molar refractivity (Wildman–Crippen MR) is 112 cm³/mol. The van der Waals surface area contributed by atoms with Crippen LogP contribution in [0, 0.1) is 0 Å². The van der Waals surface area contributed by atoms with Gasteiger partial charge in [-0.1, -0.05) is 18.2 Å². The second-order valence-corrected chi connectivity index (χ2v) is 5.91. The molecule has 146 valence electrons. The molecule has 28 heavy (non-hydrogen) atoms. The van der Waals surface area contributed by atoms with E-state index in [1.165, 1.54) is 0 Å². The van der Waals surface area contributed by atoms with Crippen molar-refractivity contribution in [2.45, 2.75) is 0 Å². The van der Waals surface area contributed by atoms with Crippen LogP contribution in [0.4, 0.5) is 22.7 Å². The minimum atomic E-state index is 0.651. The van der Waals surface area contributed by atoms with Gasteiger partial charge in [0.25, 0.3) is 0 Å². The molecule has 3 aromatic carbocycles. The molecule has 0 fully saturated rings. The molecule has 0 aliphatic rings. The standard InChI is InChI=1S/C22H24N2O4/c1-25-19-12-6-10-17(21(19)27-3)23-15-8-5-9-16(14-15)24-18-11-7-13-20(26-2)22(18)28-4/h5-14,23-24H,1-4H3. The molecule has 0 aliphatic carbocycles. The molecule has 0 radical (unpaired) electrons. The second kappa shape index (κ2) is 8.90. The fourth-order valence-electron chi connectivity index (χ4n) is 2.96. The largest absolute Gasteiger partial charge is 0.493 e. The number of hydrogen-bond donors (Lipinski definition) is 2. The van der Waals surface area contributed by atoms with Gasteiger partial charge in [-0.3, -0.25) is 0 Å². The minimum Gasteiger partial charge on any atom is -0.493 e. The van der Waals surface area contributed by atoms with E-state index < -0.39 is 0 Å². The summed E-state index contributed by atoms with van der Waals surface area (Å²) in [6.45, 7) is 0. The molecule has 2 N–H and O–H groups in total. The molecule has 6 nitrogen and oxygen atoms in total. The highest BCUT2D eigenvalue weighted by Crippen LogP contribution is 2.38. The van der Waals surface area contributed by atoms with E-state index in [1.807, 2.05) is 60.7 Å². The summed E-state index contributed by atoms with van der Waals surface area (Å²) < 4.78 is 21.7. The molecule has 0 aromatic heterocycles.